The molecule has 1 amide bonds. The molecular weight excluding hydrogens is 441 g/mol. The van der Waals surface area contributed by atoms with Gasteiger partial charge in [0.05, 0.1) is 18.4 Å². The first kappa shape index (κ1) is 24.1. The SMILES string of the molecule is CC(C)NC(=O)CC1c2nc(Nc3ccc(F)cc3)sc2CC2C(C)(CO)C(O)CCC12C. The third-order valence-electron chi connectivity index (χ3n) is 7.83. The summed E-state index contributed by atoms with van der Waals surface area (Å²) in [6.45, 7) is 7.95. The van der Waals surface area contributed by atoms with Crippen molar-refractivity contribution in [2.24, 2.45) is 16.7 Å². The average molecular weight is 476 g/mol. The predicted molar refractivity (Wildman–Crippen MR) is 128 cm³/mol. The van der Waals surface area contributed by atoms with Gasteiger partial charge in [-0.05, 0) is 68.7 Å². The first-order chi connectivity index (χ1) is 15.6. The van der Waals surface area contributed by atoms with Crippen LogP contribution in [0.3, 0.4) is 0 Å². The topological polar surface area (TPSA) is 94.5 Å². The number of halogens is 1. The van der Waals surface area contributed by atoms with Gasteiger partial charge >= 0.3 is 0 Å². The van der Waals surface area contributed by atoms with Crippen LogP contribution in [0.2, 0.25) is 0 Å². The number of rotatable bonds is 6. The number of aromatic nitrogens is 1. The minimum atomic E-state index is -0.647. The Morgan fingerprint density at radius 1 is 1.30 bits per heavy atom. The van der Waals surface area contributed by atoms with Crippen molar-refractivity contribution < 1.29 is 19.4 Å². The van der Waals surface area contributed by atoms with Crippen molar-refractivity contribution in [1.29, 1.82) is 0 Å². The summed E-state index contributed by atoms with van der Waals surface area (Å²) in [7, 11) is 0. The Labute approximate surface area is 198 Å². The number of aliphatic hydroxyl groups excluding tert-OH is 2. The molecule has 2 aliphatic rings. The fourth-order valence-electron chi connectivity index (χ4n) is 5.92. The number of aliphatic hydroxyl groups is 2. The van der Waals surface area contributed by atoms with Crippen molar-refractivity contribution in [3.05, 3.63) is 40.7 Å². The van der Waals surface area contributed by atoms with Gasteiger partial charge in [-0.3, -0.25) is 4.79 Å². The number of hydrogen-bond acceptors (Lipinski definition) is 6. The number of carbonyl (C=O) groups excluding carboxylic acids is 1. The van der Waals surface area contributed by atoms with Crippen LogP contribution in [0.15, 0.2) is 24.3 Å². The Balaban J connectivity index is 1.73. The highest BCUT2D eigenvalue weighted by Crippen LogP contribution is 2.62. The van der Waals surface area contributed by atoms with Gasteiger partial charge < -0.3 is 20.8 Å². The van der Waals surface area contributed by atoms with E-state index >= 15 is 0 Å². The largest absolute Gasteiger partial charge is 0.396 e. The molecule has 1 heterocycles. The molecule has 2 aromatic rings. The van der Waals surface area contributed by atoms with Gasteiger partial charge in [-0.2, -0.15) is 0 Å². The Morgan fingerprint density at radius 3 is 2.64 bits per heavy atom. The van der Waals surface area contributed by atoms with E-state index in [1.807, 2.05) is 20.8 Å². The number of nitrogens with zero attached hydrogens (tertiary/aromatic N) is 1. The molecule has 33 heavy (non-hydrogen) atoms. The predicted octanol–water partition coefficient (Wildman–Crippen LogP) is 4.36. The zero-order valence-corrected chi connectivity index (χ0v) is 20.5. The molecule has 2 aliphatic carbocycles. The van der Waals surface area contributed by atoms with Crippen molar-refractivity contribution in [1.82, 2.24) is 10.3 Å². The molecule has 0 radical (unpaired) electrons. The summed E-state index contributed by atoms with van der Waals surface area (Å²) < 4.78 is 13.3. The van der Waals surface area contributed by atoms with Crippen LogP contribution in [0, 0.1) is 22.6 Å². The van der Waals surface area contributed by atoms with Crippen molar-refractivity contribution >= 4 is 28.1 Å². The van der Waals surface area contributed by atoms with E-state index in [2.05, 4.69) is 17.6 Å². The van der Waals surface area contributed by atoms with E-state index in [4.69, 9.17) is 4.98 Å². The smallest absolute Gasteiger partial charge is 0.220 e. The van der Waals surface area contributed by atoms with Crippen molar-refractivity contribution in [3.8, 4) is 0 Å². The average Bonchev–Trinajstić information content (AvgIpc) is 3.16. The summed E-state index contributed by atoms with van der Waals surface area (Å²) in [6.07, 6.45) is 1.79. The van der Waals surface area contributed by atoms with Crippen LogP contribution >= 0.6 is 11.3 Å². The summed E-state index contributed by atoms with van der Waals surface area (Å²) in [6, 6.07) is 6.19. The molecule has 5 unspecified atom stereocenters. The van der Waals surface area contributed by atoms with Gasteiger partial charge in [-0.25, -0.2) is 9.37 Å². The second-order valence-electron chi connectivity index (χ2n) is 10.4. The lowest BCUT2D eigenvalue weighted by molar-refractivity contribution is -0.144. The maximum absolute atomic E-state index is 13.3. The summed E-state index contributed by atoms with van der Waals surface area (Å²) in [5, 5.41) is 28.2. The molecule has 1 aromatic carbocycles. The van der Waals surface area contributed by atoms with E-state index in [9.17, 15) is 19.4 Å². The summed E-state index contributed by atoms with van der Waals surface area (Å²) >= 11 is 1.54. The van der Waals surface area contributed by atoms with E-state index in [1.54, 1.807) is 12.1 Å². The van der Waals surface area contributed by atoms with E-state index in [0.29, 0.717) is 24.4 Å². The van der Waals surface area contributed by atoms with Gasteiger partial charge in [0.1, 0.15) is 5.82 Å². The lowest BCUT2D eigenvalue weighted by atomic mass is 9.47. The quantitative estimate of drug-likeness (QED) is 0.498. The van der Waals surface area contributed by atoms with E-state index in [0.717, 1.165) is 22.7 Å². The first-order valence-electron chi connectivity index (χ1n) is 11.7. The van der Waals surface area contributed by atoms with Crippen LogP contribution in [0.4, 0.5) is 15.2 Å². The monoisotopic (exact) mass is 475 g/mol. The van der Waals surface area contributed by atoms with Crippen molar-refractivity contribution in [2.75, 3.05) is 11.9 Å². The molecule has 4 rings (SSSR count). The molecule has 1 aromatic heterocycles. The first-order valence-corrected chi connectivity index (χ1v) is 12.5. The standard InChI is InChI=1S/C25H34FN3O3S/c1-14(2)27-21(32)11-17-22-18(33-23(29-22)28-16-7-5-15(26)6-8-16)12-19-24(17,3)10-9-20(31)25(19,4)13-30/h5-8,14,17,19-20,30-31H,9-13H2,1-4H3,(H,27,32)(H,28,29). The number of benzene rings is 1. The van der Waals surface area contributed by atoms with Gasteiger partial charge in [0.2, 0.25) is 5.91 Å². The molecule has 0 saturated heterocycles. The lowest BCUT2D eigenvalue weighted by Crippen LogP contribution is -2.57. The zero-order chi connectivity index (χ0) is 24.0. The molecule has 6 nitrogen and oxygen atoms in total. The third kappa shape index (κ3) is 4.40. The van der Waals surface area contributed by atoms with Crippen LogP contribution in [0.25, 0.3) is 0 Å². The fraction of sp³-hybridized carbons (Fsp3) is 0.600. The number of carbonyl (C=O) groups is 1. The third-order valence-corrected chi connectivity index (χ3v) is 8.84. The molecule has 1 fully saturated rings. The van der Waals surface area contributed by atoms with Gasteiger partial charge in [0.25, 0.3) is 0 Å². The molecule has 5 atom stereocenters. The highest BCUT2D eigenvalue weighted by atomic mass is 32.1. The highest BCUT2D eigenvalue weighted by molar-refractivity contribution is 7.15. The highest BCUT2D eigenvalue weighted by Gasteiger charge is 2.59. The second-order valence-corrected chi connectivity index (χ2v) is 11.5. The number of anilines is 2. The van der Waals surface area contributed by atoms with Crippen LogP contribution in [-0.4, -0.2) is 39.9 Å². The van der Waals surface area contributed by atoms with Gasteiger partial charge in [0.15, 0.2) is 5.13 Å². The fourth-order valence-corrected chi connectivity index (χ4v) is 7.01. The minimum Gasteiger partial charge on any atom is -0.396 e. The normalized spacial score (nSPS) is 31.1. The van der Waals surface area contributed by atoms with Gasteiger partial charge in [0, 0.05) is 34.4 Å². The van der Waals surface area contributed by atoms with E-state index in [1.165, 1.54) is 23.5 Å². The van der Waals surface area contributed by atoms with Crippen LogP contribution in [0.1, 0.15) is 63.4 Å². The van der Waals surface area contributed by atoms with Crippen LogP contribution in [0.5, 0.6) is 0 Å². The minimum absolute atomic E-state index is 0.0132. The number of amides is 1. The Kier molecular flexibility index (Phi) is 6.55. The summed E-state index contributed by atoms with van der Waals surface area (Å²) in [5.74, 6) is -0.416. The molecule has 8 heteroatoms. The van der Waals surface area contributed by atoms with E-state index < -0.39 is 11.5 Å². The lowest BCUT2D eigenvalue weighted by Gasteiger charge is -2.58. The maximum atomic E-state index is 13.3. The molecule has 0 spiro atoms. The van der Waals surface area contributed by atoms with Crippen LogP contribution < -0.4 is 10.6 Å². The molecule has 0 aliphatic heterocycles. The van der Waals surface area contributed by atoms with Gasteiger partial charge in [-0.1, -0.05) is 13.8 Å². The zero-order valence-electron chi connectivity index (χ0n) is 19.7. The Hall–Kier alpha value is -2.03. The molecule has 1 saturated carbocycles. The molecular formula is C25H34FN3O3S. The van der Waals surface area contributed by atoms with E-state index in [-0.39, 0.29) is 41.6 Å². The number of hydrogen-bond donors (Lipinski definition) is 4. The van der Waals surface area contributed by atoms with Gasteiger partial charge in [-0.15, -0.1) is 11.3 Å². The van der Waals surface area contributed by atoms with Crippen molar-refractivity contribution in [3.63, 3.8) is 0 Å². The summed E-state index contributed by atoms with van der Waals surface area (Å²) in [4.78, 5) is 18.9. The molecule has 4 N–H and O–H groups in total. The Bertz CT molecular complexity index is 1010. The van der Waals surface area contributed by atoms with Crippen LogP contribution in [-0.2, 0) is 11.2 Å². The maximum Gasteiger partial charge on any atom is 0.220 e. The molecule has 180 valence electrons. The number of nitrogens with one attached hydrogen (secondary N) is 2. The van der Waals surface area contributed by atoms with Crippen molar-refractivity contribution in [2.45, 2.75) is 71.4 Å². The summed E-state index contributed by atoms with van der Waals surface area (Å²) in [5.41, 5.74) is 0.750. The number of thiazole rings is 1. The second kappa shape index (κ2) is 8.96. The number of fused-ring (bicyclic) bond motifs is 2. The molecule has 0 bridgehead atoms. The Morgan fingerprint density at radius 2 is 2.00 bits per heavy atom.